The number of unbranched alkanes of at least 4 members (excludes halogenated alkanes) is 13. The van der Waals surface area contributed by atoms with Crippen LogP contribution in [0.1, 0.15) is 118 Å². The van der Waals surface area contributed by atoms with Gasteiger partial charge in [-0.15, -0.1) is 0 Å². The Bertz CT molecular complexity index is 1430. The molecule has 0 unspecified atom stereocenters. The van der Waals surface area contributed by atoms with Gasteiger partial charge < -0.3 is 9.47 Å². The van der Waals surface area contributed by atoms with E-state index in [1.165, 1.54) is 120 Å². The summed E-state index contributed by atoms with van der Waals surface area (Å²) >= 11 is 0. The highest BCUT2D eigenvalue weighted by Gasteiger charge is 2.08. The highest BCUT2D eigenvalue weighted by molar-refractivity contribution is 6.06. The number of hydrogen-bond donors (Lipinski definition) is 0. The minimum Gasteiger partial charge on any atom is -0.494 e. The van der Waals surface area contributed by atoms with Crippen LogP contribution in [0, 0.1) is 10.1 Å². The summed E-state index contributed by atoms with van der Waals surface area (Å²) in [6, 6.07) is 19.8. The minimum absolute atomic E-state index is 0.0781. The van der Waals surface area contributed by atoms with Gasteiger partial charge in [0, 0.05) is 23.8 Å². The van der Waals surface area contributed by atoms with Gasteiger partial charge >= 0.3 is 5.97 Å². The average Bonchev–Trinajstić information content (AvgIpc) is 3.08. The Morgan fingerprint density at radius 2 is 1.23 bits per heavy atom. The Morgan fingerprint density at radius 3 is 1.83 bits per heavy atom. The molecule has 0 radical (unpaired) electrons. The number of hydrogen-bond acceptors (Lipinski definition) is 6. The van der Waals surface area contributed by atoms with E-state index < -0.39 is 10.9 Å². The van der Waals surface area contributed by atoms with Crippen molar-refractivity contribution in [3.8, 4) is 11.5 Å². The summed E-state index contributed by atoms with van der Waals surface area (Å²) in [6.07, 6.45) is 24.7. The van der Waals surface area contributed by atoms with Gasteiger partial charge in [0.25, 0.3) is 5.69 Å². The van der Waals surface area contributed by atoms with Crippen LogP contribution in [0.15, 0.2) is 84.9 Å². The first-order valence-electron chi connectivity index (χ1n) is 17.1. The smallest absolute Gasteiger partial charge is 0.336 e. The van der Waals surface area contributed by atoms with E-state index >= 15 is 0 Å². The fourth-order valence-electron chi connectivity index (χ4n) is 5.17. The zero-order valence-electron chi connectivity index (χ0n) is 27.7. The lowest BCUT2D eigenvalue weighted by atomic mass is 10.0. The van der Waals surface area contributed by atoms with Crippen molar-refractivity contribution in [2.45, 2.75) is 96.8 Å². The highest BCUT2D eigenvalue weighted by atomic mass is 16.6. The highest BCUT2D eigenvalue weighted by Crippen LogP contribution is 2.18. The predicted octanol–water partition coefficient (Wildman–Crippen LogP) is 11.0. The molecule has 3 aromatic carbocycles. The Kier molecular flexibility index (Phi) is 17.4. The molecule has 0 aliphatic rings. The Balaban J connectivity index is 1.29. The molecule has 0 N–H and O–H groups in total. The largest absolute Gasteiger partial charge is 0.494 e. The number of carbonyl (C=O) groups excluding carboxylic acids is 2. The van der Waals surface area contributed by atoms with Crippen LogP contribution in [-0.2, 0) is 4.79 Å². The fraction of sp³-hybridized carbons (Fsp3) is 0.400. The molecular weight excluding hydrogens is 590 g/mol. The predicted molar refractivity (Wildman–Crippen MR) is 190 cm³/mol. The molecular formula is C40H49NO6. The fourth-order valence-corrected chi connectivity index (χ4v) is 5.17. The molecule has 0 fully saturated rings. The number of nitro groups is 1. The molecule has 3 rings (SSSR count). The van der Waals surface area contributed by atoms with E-state index in [0.29, 0.717) is 23.5 Å². The second kappa shape index (κ2) is 22.1. The van der Waals surface area contributed by atoms with Crippen molar-refractivity contribution < 1.29 is 24.0 Å². The number of ketones is 1. The molecule has 7 heteroatoms. The first kappa shape index (κ1) is 36.9. The average molecular weight is 640 g/mol. The summed E-state index contributed by atoms with van der Waals surface area (Å²) in [4.78, 5) is 35.1. The van der Waals surface area contributed by atoms with E-state index in [-0.39, 0.29) is 11.5 Å². The molecule has 0 heterocycles. The molecule has 250 valence electrons. The monoisotopic (exact) mass is 639 g/mol. The van der Waals surface area contributed by atoms with Gasteiger partial charge in [0.1, 0.15) is 11.5 Å². The van der Waals surface area contributed by atoms with Crippen LogP contribution in [0.5, 0.6) is 11.5 Å². The summed E-state index contributed by atoms with van der Waals surface area (Å²) < 4.78 is 11.3. The zero-order chi connectivity index (χ0) is 33.5. The van der Waals surface area contributed by atoms with Crippen molar-refractivity contribution in [2.75, 3.05) is 6.61 Å². The van der Waals surface area contributed by atoms with Crippen molar-refractivity contribution in [2.24, 2.45) is 0 Å². The van der Waals surface area contributed by atoms with E-state index in [0.717, 1.165) is 17.7 Å². The molecule has 0 aromatic heterocycles. The van der Waals surface area contributed by atoms with Crippen molar-refractivity contribution in [3.63, 3.8) is 0 Å². The van der Waals surface area contributed by atoms with E-state index in [1.807, 2.05) is 24.3 Å². The van der Waals surface area contributed by atoms with E-state index in [9.17, 15) is 19.7 Å². The van der Waals surface area contributed by atoms with Gasteiger partial charge in [-0.2, -0.15) is 0 Å². The summed E-state index contributed by atoms with van der Waals surface area (Å²) in [5, 5.41) is 10.8. The lowest BCUT2D eigenvalue weighted by molar-refractivity contribution is -0.384. The van der Waals surface area contributed by atoms with E-state index in [1.54, 1.807) is 36.4 Å². The van der Waals surface area contributed by atoms with E-state index in [2.05, 4.69) is 6.92 Å². The summed E-state index contributed by atoms with van der Waals surface area (Å²) in [5.41, 5.74) is 1.78. The molecule has 47 heavy (non-hydrogen) atoms. The van der Waals surface area contributed by atoms with Gasteiger partial charge in [0.15, 0.2) is 5.78 Å². The van der Waals surface area contributed by atoms with Crippen LogP contribution in [0.2, 0.25) is 0 Å². The number of ether oxygens (including phenoxy) is 2. The van der Waals surface area contributed by atoms with Gasteiger partial charge in [-0.25, -0.2) is 4.79 Å². The van der Waals surface area contributed by atoms with Crippen molar-refractivity contribution in [1.29, 1.82) is 0 Å². The van der Waals surface area contributed by atoms with Gasteiger partial charge in [-0.3, -0.25) is 14.9 Å². The van der Waals surface area contributed by atoms with Crippen molar-refractivity contribution in [1.82, 2.24) is 0 Å². The molecule has 0 bridgehead atoms. The first-order chi connectivity index (χ1) is 22.9. The number of allylic oxidation sites excluding steroid dienone is 1. The number of benzene rings is 3. The molecule has 3 aromatic rings. The quantitative estimate of drug-likeness (QED) is 0.0195. The summed E-state index contributed by atoms with van der Waals surface area (Å²) in [5.74, 6) is 0.343. The third-order valence-electron chi connectivity index (χ3n) is 7.92. The maximum Gasteiger partial charge on any atom is 0.336 e. The van der Waals surface area contributed by atoms with Crippen LogP contribution in [-0.4, -0.2) is 23.3 Å². The number of esters is 1. The number of nitro benzene ring substituents is 1. The van der Waals surface area contributed by atoms with Gasteiger partial charge in [-0.05, 0) is 66.1 Å². The Labute approximate surface area is 279 Å². The molecule has 0 aliphatic carbocycles. The van der Waals surface area contributed by atoms with Crippen LogP contribution in [0.4, 0.5) is 5.69 Å². The maximum atomic E-state index is 12.4. The third kappa shape index (κ3) is 15.6. The third-order valence-corrected chi connectivity index (χ3v) is 7.92. The minimum atomic E-state index is -0.522. The second-order valence-corrected chi connectivity index (χ2v) is 11.8. The second-order valence-electron chi connectivity index (χ2n) is 11.8. The van der Waals surface area contributed by atoms with Crippen LogP contribution < -0.4 is 9.47 Å². The lowest BCUT2D eigenvalue weighted by Crippen LogP contribution is -2.03. The van der Waals surface area contributed by atoms with Crippen LogP contribution >= 0.6 is 0 Å². The van der Waals surface area contributed by atoms with Gasteiger partial charge in [0.05, 0.1) is 11.5 Å². The maximum absolute atomic E-state index is 12.4. The zero-order valence-corrected chi connectivity index (χ0v) is 27.7. The number of rotatable bonds is 23. The van der Waals surface area contributed by atoms with Crippen molar-refractivity contribution in [3.05, 3.63) is 112 Å². The molecule has 0 atom stereocenters. The van der Waals surface area contributed by atoms with Gasteiger partial charge in [-0.1, -0.05) is 121 Å². The Morgan fingerprint density at radius 1 is 0.660 bits per heavy atom. The van der Waals surface area contributed by atoms with Crippen molar-refractivity contribution >= 4 is 29.6 Å². The number of nitrogens with zero attached hydrogens (tertiary/aromatic N) is 1. The Hall–Kier alpha value is -4.52. The standard InChI is InChI=1S/C40H49NO6/c1-2-3-4-5-6-7-8-9-10-11-12-13-14-15-31-46-37-27-19-33(20-28-37)22-30-40(43)47-38-18-16-17-34(32-38)21-29-39(42)35-23-25-36(26-24-35)41(44)45/h16-30,32H,2-15,31H2,1H3/b29-21+,30-22+. The van der Waals surface area contributed by atoms with Crippen LogP contribution in [0.25, 0.3) is 12.2 Å². The molecule has 0 saturated carbocycles. The topological polar surface area (TPSA) is 95.7 Å². The molecule has 0 aliphatic heterocycles. The molecule has 0 spiro atoms. The van der Waals surface area contributed by atoms with E-state index in [4.69, 9.17) is 9.47 Å². The summed E-state index contributed by atoms with van der Waals surface area (Å²) in [7, 11) is 0. The first-order valence-corrected chi connectivity index (χ1v) is 17.1. The molecule has 0 amide bonds. The van der Waals surface area contributed by atoms with Gasteiger partial charge in [0.2, 0.25) is 0 Å². The summed E-state index contributed by atoms with van der Waals surface area (Å²) in [6.45, 7) is 2.98. The number of carbonyl (C=O) groups is 2. The number of non-ortho nitro benzene ring substituents is 1. The van der Waals surface area contributed by atoms with Crippen LogP contribution in [0.3, 0.4) is 0 Å². The normalized spacial score (nSPS) is 11.3. The molecule has 7 nitrogen and oxygen atoms in total. The molecule has 0 saturated heterocycles. The SMILES string of the molecule is CCCCCCCCCCCCCCCCOc1ccc(/C=C/C(=O)Oc2cccc(/C=C/C(=O)c3ccc([N+](=O)[O-])cc3)c2)cc1. The lowest BCUT2D eigenvalue weighted by Gasteiger charge is -2.07.